The molecule has 1 amide bonds. The van der Waals surface area contributed by atoms with E-state index in [0.717, 1.165) is 5.56 Å². The van der Waals surface area contributed by atoms with Gasteiger partial charge in [-0.15, -0.1) is 0 Å². The molecule has 0 spiro atoms. The highest BCUT2D eigenvalue weighted by Crippen LogP contribution is 2.22. The molecule has 5 heteroatoms. The number of nitrogens with zero attached hydrogens (tertiary/aromatic N) is 1. The van der Waals surface area contributed by atoms with Crippen LogP contribution in [0.3, 0.4) is 0 Å². The summed E-state index contributed by atoms with van der Waals surface area (Å²) in [7, 11) is 0. The summed E-state index contributed by atoms with van der Waals surface area (Å²) in [5.74, 6) is -0.230. The minimum atomic E-state index is -0.230. The van der Waals surface area contributed by atoms with E-state index in [2.05, 4.69) is 10.3 Å². The van der Waals surface area contributed by atoms with Crippen molar-refractivity contribution in [3.05, 3.63) is 23.0 Å². The second-order valence-electron chi connectivity index (χ2n) is 3.70. The fraction of sp³-hybridized carbons (Fsp3) is 0.455. The van der Waals surface area contributed by atoms with Crippen LogP contribution in [0.4, 0.5) is 5.69 Å². The predicted molar refractivity (Wildman–Crippen MR) is 63.7 cm³/mol. The average Bonchev–Trinajstić information content (AvgIpc) is 2.21. The Morgan fingerprint density at radius 2 is 2.31 bits per heavy atom. The van der Waals surface area contributed by atoms with Crippen LogP contribution in [0.1, 0.15) is 19.4 Å². The number of aryl methyl sites for hydroxylation is 1. The van der Waals surface area contributed by atoms with E-state index < -0.39 is 0 Å². The van der Waals surface area contributed by atoms with E-state index in [0.29, 0.717) is 5.69 Å². The van der Waals surface area contributed by atoms with Crippen molar-refractivity contribution in [3.8, 4) is 0 Å². The van der Waals surface area contributed by atoms with Crippen LogP contribution in [0.2, 0.25) is 5.15 Å². The molecule has 1 N–H and O–H groups in total. The quantitative estimate of drug-likeness (QED) is 0.825. The van der Waals surface area contributed by atoms with Gasteiger partial charge < -0.3 is 10.1 Å². The highest BCUT2D eigenvalue weighted by Gasteiger charge is 2.09. The van der Waals surface area contributed by atoms with Crippen molar-refractivity contribution in [1.29, 1.82) is 0 Å². The van der Waals surface area contributed by atoms with Crippen LogP contribution in [-0.4, -0.2) is 23.6 Å². The Hall–Kier alpha value is -1.13. The van der Waals surface area contributed by atoms with Crippen molar-refractivity contribution >= 4 is 23.2 Å². The Morgan fingerprint density at radius 1 is 1.62 bits per heavy atom. The van der Waals surface area contributed by atoms with Crippen LogP contribution in [0.25, 0.3) is 0 Å². The third-order valence-corrected chi connectivity index (χ3v) is 2.21. The molecule has 0 atom stereocenters. The molecule has 1 aromatic rings. The molecule has 0 aliphatic heterocycles. The molecule has 16 heavy (non-hydrogen) atoms. The second kappa shape index (κ2) is 5.82. The van der Waals surface area contributed by atoms with Crippen LogP contribution in [0.5, 0.6) is 0 Å². The van der Waals surface area contributed by atoms with E-state index in [-0.39, 0.29) is 23.8 Å². The van der Waals surface area contributed by atoms with Gasteiger partial charge >= 0.3 is 0 Å². The lowest BCUT2D eigenvalue weighted by atomic mass is 10.2. The summed E-state index contributed by atoms with van der Waals surface area (Å²) in [5, 5.41) is 2.97. The summed E-state index contributed by atoms with van der Waals surface area (Å²) in [6, 6.07) is 1.78. The molecule has 0 radical (unpaired) electrons. The molecular formula is C11H15ClN2O2. The van der Waals surface area contributed by atoms with Crippen molar-refractivity contribution in [3.63, 3.8) is 0 Å². The fourth-order valence-corrected chi connectivity index (χ4v) is 1.35. The molecule has 4 nitrogen and oxygen atoms in total. The molecule has 0 fully saturated rings. The Kier molecular flexibility index (Phi) is 4.71. The first-order valence-electron chi connectivity index (χ1n) is 5.03. The monoisotopic (exact) mass is 242 g/mol. The topological polar surface area (TPSA) is 51.2 Å². The number of aromatic nitrogens is 1. The number of hydrogen-bond acceptors (Lipinski definition) is 3. The third kappa shape index (κ3) is 3.79. The highest BCUT2D eigenvalue weighted by atomic mass is 35.5. The first-order valence-corrected chi connectivity index (χ1v) is 5.41. The Bertz CT molecular complexity index is 360. The van der Waals surface area contributed by atoms with E-state index in [4.69, 9.17) is 16.3 Å². The first kappa shape index (κ1) is 12.9. The Morgan fingerprint density at radius 3 is 2.88 bits per heavy atom. The third-order valence-electron chi connectivity index (χ3n) is 1.93. The lowest BCUT2D eigenvalue weighted by Crippen LogP contribution is -2.21. The normalized spacial score (nSPS) is 10.6. The summed E-state index contributed by atoms with van der Waals surface area (Å²) < 4.78 is 5.18. The van der Waals surface area contributed by atoms with Gasteiger partial charge in [-0.05, 0) is 32.4 Å². The number of halogens is 1. The zero-order chi connectivity index (χ0) is 12.1. The second-order valence-corrected chi connectivity index (χ2v) is 4.06. The van der Waals surface area contributed by atoms with Gasteiger partial charge in [0.2, 0.25) is 5.91 Å². The van der Waals surface area contributed by atoms with E-state index in [1.807, 2.05) is 20.8 Å². The molecule has 0 aromatic carbocycles. The first-order chi connectivity index (χ1) is 7.50. The minimum absolute atomic E-state index is 0.0162. The van der Waals surface area contributed by atoms with Gasteiger partial charge in [0.25, 0.3) is 0 Å². The number of amides is 1. The molecule has 0 unspecified atom stereocenters. The highest BCUT2D eigenvalue weighted by molar-refractivity contribution is 6.32. The molecule has 88 valence electrons. The number of ether oxygens (including phenoxy) is 1. The minimum Gasteiger partial charge on any atom is -0.369 e. The molecule has 0 saturated carbocycles. The Labute approximate surface area is 100.0 Å². The van der Waals surface area contributed by atoms with Crippen LogP contribution in [0, 0.1) is 6.92 Å². The van der Waals surface area contributed by atoms with Gasteiger partial charge in [-0.25, -0.2) is 4.98 Å². The van der Waals surface area contributed by atoms with Crippen molar-refractivity contribution in [2.75, 3.05) is 11.9 Å². The number of pyridine rings is 1. The van der Waals surface area contributed by atoms with Crippen molar-refractivity contribution in [2.24, 2.45) is 0 Å². The fourth-order valence-electron chi connectivity index (χ4n) is 1.09. The molecule has 1 heterocycles. The zero-order valence-electron chi connectivity index (χ0n) is 9.58. The summed E-state index contributed by atoms with van der Waals surface area (Å²) in [6.07, 6.45) is 1.62. The van der Waals surface area contributed by atoms with E-state index in [9.17, 15) is 4.79 Å². The van der Waals surface area contributed by atoms with Crippen LogP contribution >= 0.6 is 11.6 Å². The maximum atomic E-state index is 11.5. The van der Waals surface area contributed by atoms with Crippen LogP contribution in [-0.2, 0) is 9.53 Å². The van der Waals surface area contributed by atoms with Gasteiger partial charge in [-0.1, -0.05) is 11.6 Å². The lowest BCUT2D eigenvalue weighted by molar-refractivity contribution is -0.121. The predicted octanol–water partition coefficient (Wildman–Crippen LogP) is 2.41. The van der Waals surface area contributed by atoms with Gasteiger partial charge in [0.1, 0.15) is 6.61 Å². The molecule has 1 aromatic heterocycles. The van der Waals surface area contributed by atoms with Crippen LogP contribution in [0.15, 0.2) is 12.3 Å². The molecule has 0 saturated heterocycles. The van der Waals surface area contributed by atoms with Gasteiger partial charge in [0, 0.05) is 6.20 Å². The molecule has 1 rings (SSSR count). The smallest absolute Gasteiger partial charge is 0.250 e. The number of anilines is 1. The van der Waals surface area contributed by atoms with Crippen molar-refractivity contribution in [2.45, 2.75) is 26.9 Å². The maximum absolute atomic E-state index is 11.5. The molecule has 0 bridgehead atoms. The summed E-state index contributed by atoms with van der Waals surface area (Å²) in [4.78, 5) is 15.4. The SMILES string of the molecule is Cc1ccnc(Cl)c1NC(=O)COC(C)C. The summed E-state index contributed by atoms with van der Waals surface area (Å²) >= 11 is 5.87. The number of hydrogen-bond donors (Lipinski definition) is 1. The van der Waals surface area contributed by atoms with Gasteiger partial charge in [0.15, 0.2) is 5.15 Å². The lowest BCUT2D eigenvalue weighted by Gasteiger charge is -2.10. The zero-order valence-corrected chi connectivity index (χ0v) is 10.3. The average molecular weight is 243 g/mol. The van der Waals surface area contributed by atoms with E-state index >= 15 is 0 Å². The maximum Gasteiger partial charge on any atom is 0.250 e. The van der Waals surface area contributed by atoms with Crippen molar-refractivity contribution in [1.82, 2.24) is 4.98 Å². The van der Waals surface area contributed by atoms with E-state index in [1.54, 1.807) is 12.3 Å². The number of rotatable bonds is 4. The Balaban J connectivity index is 2.63. The number of carbonyl (C=O) groups is 1. The van der Waals surface area contributed by atoms with E-state index in [1.165, 1.54) is 0 Å². The van der Waals surface area contributed by atoms with Gasteiger partial charge in [-0.3, -0.25) is 4.79 Å². The van der Waals surface area contributed by atoms with Gasteiger partial charge in [0.05, 0.1) is 11.8 Å². The van der Waals surface area contributed by atoms with Crippen LogP contribution < -0.4 is 5.32 Å². The number of nitrogens with one attached hydrogen (secondary N) is 1. The molecule has 0 aliphatic rings. The molecular weight excluding hydrogens is 228 g/mol. The molecule has 0 aliphatic carbocycles. The largest absolute Gasteiger partial charge is 0.369 e. The standard InChI is InChI=1S/C11H15ClN2O2/c1-7(2)16-6-9(15)14-10-8(3)4-5-13-11(10)12/h4-5,7H,6H2,1-3H3,(H,14,15). The van der Waals surface area contributed by atoms with Crippen molar-refractivity contribution < 1.29 is 9.53 Å². The van der Waals surface area contributed by atoms with Gasteiger partial charge in [-0.2, -0.15) is 0 Å². The summed E-state index contributed by atoms with van der Waals surface area (Å²) in [6.45, 7) is 5.61. The summed E-state index contributed by atoms with van der Waals surface area (Å²) in [5.41, 5.74) is 1.42. The number of carbonyl (C=O) groups excluding carboxylic acids is 1.